The van der Waals surface area contributed by atoms with E-state index in [1.165, 1.54) is 19.1 Å². The van der Waals surface area contributed by atoms with Gasteiger partial charge < -0.3 is 0 Å². The summed E-state index contributed by atoms with van der Waals surface area (Å²) in [6, 6.07) is 3.93. The average molecular weight is 189 g/mol. The molecular weight excluding hydrogens is 183 g/mol. The van der Waals surface area contributed by atoms with Crippen LogP contribution < -0.4 is 0 Å². The van der Waals surface area contributed by atoms with Gasteiger partial charge in [-0.15, -0.1) is 0 Å². The zero-order valence-electron chi connectivity index (χ0n) is 6.72. The van der Waals surface area contributed by atoms with E-state index in [0.717, 1.165) is 6.07 Å². The van der Waals surface area contributed by atoms with Crippen molar-refractivity contribution in [1.82, 2.24) is 4.98 Å². The Morgan fingerprint density at radius 1 is 1.38 bits per heavy atom. The second-order valence-corrected chi connectivity index (χ2v) is 2.49. The predicted molar refractivity (Wildman–Crippen MR) is 39.4 cm³/mol. The zero-order valence-corrected chi connectivity index (χ0v) is 6.72. The molecule has 0 amide bonds. The van der Waals surface area contributed by atoms with Crippen molar-refractivity contribution in [2.45, 2.75) is 13.1 Å². The molecule has 5 heteroatoms. The van der Waals surface area contributed by atoms with E-state index in [9.17, 15) is 18.0 Å². The zero-order chi connectivity index (χ0) is 10.1. The molecule has 70 valence electrons. The lowest BCUT2D eigenvalue weighted by molar-refractivity contribution is -0.0888. The molecule has 0 bridgehead atoms. The Hall–Kier alpha value is -1.39. The Balaban J connectivity index is 3.03. The van der Waals surface area contributed by atoms with Gasteiger partial charge in [-0.1, -0.05) is 6.07 Å². The molecule has 13 heavy (non-hydrogen) atoms. The van der Waals surface area contributed by atoms with Crippen molar-refractivity contribution >= 4 is 5.78 Å². The van der Waals surface area contributed by atoms with Gasteiger partial charge >= 0.3 is 6.18 Å². The molecule has 0 atom stereocenters. The number of carbonyl (C=O) groups is 1. The van der Waals surface area contributed by atoms with E-state index in [0.29, 0.717) is 5.69 Å². The molecule has 0 spiro atoms. The first kappa shape index (κ1) is 9.70. The number of rotatable bonds is 1. The second kappa shape index (κ2) is 3.16. The van der Waals surface area contributed by atoms with Crippen molar-refractivity contribution in [3.05, 3.63) is 29.6 Å². The first-order valence-electron chi connectivity index (χ1n) is 3.46. The fourth-order valence-electron chi connectivity index (χ4n) is 0.815. The van der Waals surface area contributed by atoms with Gasteiger partial charge in [-0.05, 0) is 19.1 Å². The third kappa shape index (κ3) is 2.27. The van der Waals surface area contributed by atoms with Crippen molar-refractivity contribution in [3.8, 4) is 0 Å². The van der Waals surface area contributed by atoms with Crippen molar-refractivity contribution in [3.63, 3.8) is 0 Å². The minimum absolute atomic E-state index is 0.384. The van der Waals surface area contributed by atoms with Crippen LogP contribution in [0.25, 0.3) is 0 Å². The normalized spacial score (nSPS) is 11.4. The van der Waals surface area contributed by atoms with Crippen LogP contribution in [0.15, 0.2) is 18.2 Å². The Morgan fingerprint density at radius 2 is 2.00 bits per heavy atom. The standard InChI is InChI=1S/C8H6F3NO/c1-5-3-2-4-6(12-5)7(13)8(9,10)11/h2-4H,1H3. The predicted octanol–water partition coefficient (Wildman–Crippen LogP) is 2.14. The fourth-order valence-corrected chi connectivity index (χ4v) is 0.815. The number of hydrogen-bond acceptors (Lipinski definition) is 2. The highest BCUT2D eigenvalue weighted by molar-refractivity contribution is 5.98. The first-order valence-corrected chi connectivity index (χ1v) is 3.46. The van der Waals surface area contributed by atoms with Crippen LogP contribution in [0, 0.1) is 6.92 Å². The first-order chi connectivity index (χ1) is 5.91. The molecule has 0 radical (unpaired) electrons. The molecule has 1 heterocycles. The lowest BCUT2D eigenvalue weighted by Crippen LogP contribution is -2.23. The average Bonchev–Trinajstić information content (AvgIpc) is 2.01. The van der Waals surface area contributed by atoms with Gasteiger partial charge in [0.1, 0.15) is 5.69 Å². The summed E-state index contributed by atoms with van der Waals surface area (Å²) in [7, 11) is 0. The molecule has 0 aliphatic carbocycles. The van der Waals surface area contributed by atoms with E-state index in [4.69, 9.17) is 0 Å². The van der Waals surface area contributed by atoms with Crippen LogP contribution in [0.5, 0.6) is 0 Å². The third-order valence-electron chi connectivity index (χ3n) is 1.38. The molecule has 0 fully saturated rings. The smallest absolute Gasteiger partial charge is 0.282 e. The Kier molecular flexibility index (Phi) is 2.36. The van der Waals surface area contributed by atoms with Crippen molar-refractivity contribution in [1.29, 1.82) is 0 Å². The lowest BCUT2D eigenvalue weighted by atomic mass is 10.2. The van der Waals surface area contributed by atoms with Crippen LogP contribution in [0.1, 0.15) is 16.2 Å². The highest BCUT2D eigenvalue weighted by Crippen LogP contribution is 2.20. The van der Waals surface area contributed by atoms with Gasteiger partial charge in [0.15, 0.2) is 0 Å². The minimum Gasteiger partial charge on any atom is -0.282 e. The van der Waals surface area contributed by atoms with E-state index in [2.05, 4.69) is 4.98 Å². The van der Waals surface area contributed by atoms with Gasteiger partial charge in [0.2, 0.25) is 0 Å². The molecule has 0 saturated carbocycles. The number of Topliss-reactive ketones (excluding diaryl/α,β-unsaturated/α-hetero) is 1. The lowest BCUT2D eigenvalue weighted by Gasteiger charge is -2.03. The molecule has 1 aromatic rings. The van der Waals surface area contributed by atoms with Gasteiger partial charge in [-0.2, -0.15) is 13.2 Å². The van der Waals surface area contributed by atoms with Crippen LogP contribution >= 0.6 is 0 Å². The van der Waals surface area contributed by atoms with Crippen LogP contribution in [0.4, 0.5) is 13.2 Å². The second-order valence-electron chi connectivity index (χ2n) is 2.49. The van der Waals surface area contributed by atoms with Crippen LogP contribution in [0.2, 0.25) is 0 Å². The number of hydrogen-bond donors (Lipinski definition) is 0. The quantitative estimate of drug-likeness (QED) is 0.633. The van der Waals surface area contributed by atoms with E-state index in [1.54, 1.807) is 0 Å². The van der Waals surface area contributed by atoms with Gasteiger partial charge in [-0.25, -0.2) is 4.98 Å². The number of ketones is 1. The van der Waals surface area contributed by atoms with Crippen molar-refractivity contribution in [2.75, 3.05) is 0 Å². The third-order valence-corrected chi connectivity index (χ3v) is 1.38. The number of halogens is 3. The number of carbonyl (C=O) groups excluding carboxylic acids is 1. The summed E-state index contributed by atoms with van der Waals surface area (Å²) < 4.78 is 35.6. The van der Waals surface area contributed by atoms with E-state index in [-0.39, 0.29) is 0 Å². The summed E-state index contributed by atoms with van der Waals surface area (Å²) in [6.45, 7) is 1.52. The molecule has 1 rings (SSSR count). The molecule has 0 unspecified atom stereocenters. The minimum atomic E-state index is -4.85. The molecular formula is C8H6F3NO. The number of aromatic nitrogens is 1. The van der Waals surface area contributed by atoms with Gasteiger partial charge in [0, 0.05) is 5.69 Å². The summed E-state index contributed by atoms with van der Waals surface area (Å²) in [6.07, 6.45) is -4.85. The molecule has 2 nitrogen and oxygen atoms in total. The molecule has 1 aromatic heterocycles. The maximum absolute atomic E-state index is 11.9. The highest BCUT2D eigenvalue weighted by Gasteiger charge is 2.40. The SMILES string of the molecule is Cc1cccc(C(=O)C(F)(F)F)n1. The van der Waals surface area contributed by atoms with Gasteiger partial charge in [0.05, 0.1) is 0 Å². The summed E-state index contributed by atoms with van der Waals surface area (Å²) in [4.78, 5) is 14.1. The van der Waals surface area contributed by atoms with Crippen molar-refractivity contribution in [2.24, 2.45) is 0 Å². The molecule has 0 N–H and O–H groups in total. The van der Waals surface area contributed by atoms with Crippen molar-refractivity contribution < 1.29 is 18.0 Å². The summed E-state index contributed by atoms with van der Waals surface area (Å²) >= 11 is 0. The summed E-state index contributed by atoms with van der Waals surface area (Å²) in [5.74, 6) is -1.91. The number of nitrogens with zero attached hydrogens (tertiary/aromatic N) is 1. The Morgan fingerprint density at radius 3 is 2.46 bits per heavy atom. The fraction of sp³-hybridized carbons (Fsp3) is 0.250. The largest absolute Gasteiger partial charge is 0.456 e. The number of pyridine rings is 1. The van der Waals surface area contributed by atoms with E-state index >= 15 is 0 Å². The van der Waals surface area contributed by atoms with Crippen LogP contribution in [0.3, 0.4) is 0 Å². The summed E-state index contributed by atoms with van der Waals surface area (Å²) in [5, 5.41) is 0. The van der Waals surface area contributed by atoms with Gasteiger partial charge in [0.25, 0.3) is 5.78 Å². The topological polar surface area (TPSA) is 30.0 Å². The van der Waals surface area contributed by atoms with Crippen LogP contribution in [-0.2, 0) is 0 Å². The molecule has 0 aliphatic heterocycles. The van der Waals surface area contributed by atoms with Crippen LogP contribution in [-0.4, -0.2) is 16.9 Å². The van der Waals surface area contributed by atoms with E-state index in [1.807, 2.05) is 0 Å². The monoisotopic (exact) mass is 189 g/mol. The highest BCUT2D eigenvalue weighted by atomic mass is 19.4. The van der Waals surface area contributed by atoms with Gasteiger partial charge in [-0.3, -0.25) is 4.79 Å². The summed E-state index contributed by atoms with van der Waals surface area (Å²) in [5.41, 5.74) is -0.178. The molecule has 0 saturated heterocycles. The molecule has 0 aliphatic rings. The Labute approximate surface area is 72.4 Å². The number of aryl methyl sites for hydroxylation is 1. The number of alkyl halides is 3. The van der Waals surface area contributed by atoms with E-state index < -0.39 is 17.7 Å². The maximum Gasteiger partial charge on any atom is 0.456 e. The maximum atomic E-state index is 11.9. The Bertz CT molecular complexity index is 332. The molecule has 0 aromatic carbocycles.